The number of pyridine rings is 1. The fourth-order valence-electron chi connectivity index (χ4n) is 4.91. The number of rotatable bonds is 7. The zero-order valence-electron chi connectivity index (χ0n) is 18.1. The van der Waals surface area contributed by atoms with Gasteiger partial charge >= 0.3 is 0 Å². The maximum Gasteiger partial charge on any atom is 0.248 e. The van der Waals surface area contributed by atoms with Crippen LogP contribution in [-0.2, 0) is 7.05 Å². The molecular weight excluding hydrogens is 427 g/mol. The molecule has 0 amide bonds. The monoisotopic (exact) mass is 454 g/mol. The molecule has 2 fully saturated rings. The molecule has 0 aliphatic carbocycles. The minimum Gasteiger partial charge on any atom is -0.367 e. The van der Waals surface area contributed by atoms with Crippen LogP contribution in [0.1, 0.15) is 12.8 Å². The van der Waals surface area contributed by atoms with Gasteiger partial charge in [0.25, 0.3) is 0 Å². The smallest absolute Gasteiger partial charge is 0.248 e. The van der Waals surface area contributed by atoms with Crippen LogP contribution in [0.5, 0.6) is 0 Å². The Balaban J connectivity index is 1.12. The first-order valence-electron chi connectivity index (χ1n) is 11.0. The highest BCUT2D eigenvalue weighted by Gasteiger charge is 2.40. The topological polar surface area (TPSA) is 70.0 Å². The third-order valence-electron chi connectivity index (χ3n) is 6.50. The largest absolute Gasteiger partial charge is 0.367 e. The molecule has 32 heavy (non-hydrogen) atoms. The zero-order chi connectivity index (χ0) is 22.1. The zero-order valence-corrected chi connectivity index (χ0v) is 18.9. The molecule has 5 rings (SSSR count). The quantitative estimate of drug-likeness (QED) is 0.437. The second kappa shape index (κ2) is 9.07. The van der Waals surface area contributed by atoms with Gasteiger partial charge in [-0.2, -0.15) is 0 Å². The highest BCUT2D eigenvalue weighted by molar-refractivity contribution is 7.99. The van der Waals surface area contributed by atoms with Gasteiger partial charge in [0.05, 0.1) is 0 Å². The van der Waals surface area contributed by atoms with E-state index in [0.717, 1.165) is 54.8 Å². The van der Waals surface area contributed by atoms with Crippen LogP contribution in [-0.4, -0.2) is 62.6 Å². The van der Waals surface area contributed by atoms with Gasteiger partial charge in [0, 0.05) is 62.0 Å². The lowest BCUT2D eigenvalue weighted by molar-refractivity contribution is 0.319. The molecule has 2 aromatic heterocycles. The highest BCUT2D eigenvalue weighted by atomic mass is 32.2. The number of aromatic nitrogens is 4. The van der Waals surface area contributed by atoms with Gasteiger partial charge in [-0.3, -0.25) is 4.79 Å². The molecular formula is C23H27FN6OS. The second-order valence-electron chi connectivity index (χ2n) is 8.55. The molecule has 7 nitrogen and oxygen atoms in total. The molecule has 4 heterocycles. The summed E-state index contributed by atoms with van der Waals surface area (Å²) >= 11 is 1.70. The molecule has 0 bridgehead atoms. The number of fused-ring (bicyclic) bond motifs is 1. The number of H-pyrrole nitrogens is 1. The van der Waals surface area contributed by atoms with Crippen LogP contribution in [0, 0.1) is 11.7 Å². The lowest BCUT2D eigenvalue weighted by Crippen LogP contribution is -2.35. The maximum atomic E-state index is 13.3. The van der Waals surface area contributed by atoms with Gasteiger partial charge in [0.15, 0.2) is 11.0 Å². The summed E-state index contributed by atoms with van der Waals surface area (Å²) in [5, 5.41) is 9.43. The van der Waals surface area contributed by atoms with E-state index >= 15 is 0 Å². The van der Waals surface area contributed by atoms with Crippen molar-refractivity contribution in [3.8, 4) is 11.4 Å². The Labute approximate surface area is 190 Å². The van der Waals surface area contributed by atoms with Crippen LogP contribution in [0.15, 0.2) is 52.5 Å². The van der Waals surface area contributed by atoms with E-state index in [1.54, 1.807) is 30.1 Å². The molecule has 9 heteroatoms. The van der Waals surface area contributed by atoms with Gasteiger partial charge < -0.3 is 19.4 Å². The number of nitrogens with zero attached hydrogens (tertiary/aromatic N) is 5. The number of hydrogen-bond donors (Lipinski definition) is 1. The Morgan fingerprint density at radius 1 is 1.19 bits per heavy atom. The third kappa shape index (κ3) is 4.31. The predicted molar refractivity (Wildman–Crippen MR) is 124 cm³/mol. The Hall–Kier alpha value is -2.65. The van der Waals surface area contributed by atoms with E-state index in [4.69, 9.17) is 0 Å². The number of nitrogens with one attached hydrogen (secondary N) is 1. The maximum absolute atomic E-state index is 13.3. The average molecular weight is 455 g/mol. The molecule has 2 saturated heterocycles. The van der Waals surface area contributed by atoms with Crippen LogP contribution >= 0.6 is 11.8 Å². The number of thioether (sulfide) groups is 1. The van der Waals surface area contributed by atoms with Gasteiger partial charge in [-0.25, -0.2) is 4.39 Å². The molecule has 0 unspecified atom stereocenters. The van der Waals surface area contributed by atoms with Crippen LogP contribution in [0.4, 0.5) is 10.1 Å². The number of anilines is 1. The molecule has 1 N–H and O–H groups in total. The number of benzene rings is 1. The average Bonchev–Trinajstić information content (AvgIpc) is 3.46. The Morgan fingerprint density at radius 3 is 2.84 bits per heavy atom. The van der Waals surface area contributed by atoms with E-state index in [2.05, 4.69) is 25.0 Å². The number of hydrogen-bond acceptors (Lipinski definition) is 6. The lowest BCUT2D eigenvalue weighted by Gasteiger charge is -2.27. The molecule has 168 valence electrons. The van der Waals surface area contributed by atoms with Gasteiger partial charge in [-0.1, -0.05) is 11.8 Å². The molecule has 3 aromatic rings. The summed E-state index contributed by atoms with van der Waals surface area (Å²) < 4.78 is 15.2. The standard InChI is InChI=1S/C23H27FN6OS/c1-28-22(16-7-9-25-21(31)13-16)26-27-23(28)32-12-2-10-29-14-17-8-11-30(20(17)15-29)19-5-3-18(24)4-6-19/h3-7,9,13,17,20H,2,8,10-12,14-15H2,1H3,(H,25,31)/t17-,20+/m0/s1. The van der Waals surface area contributed by atoms with E-state index in [1.165, 1.54) is 12.5 Å². The lowest BCUT2D eigenvalue weighted by atomic mass is 10.1. The Bertz CT molecular complexity index is 1130. The fraction of sp³-hybridized carbons (Fsp3) is 0.435. The van der Waals surface area contributed by atoms with Crippen LogP contribution < -0.4 is 10.5 Å². The van der Waals surface area contributed by atoms with E-state index < -0.39 is 0 Å². The van der Waals surface area contributed by atoms with Crippen LogP contribution in [0.2, 0.25) is 0 Å². The van der Waals surface area contributed by atoms with Crippen molar-refractivity contribution in [1.82, 2.24) is 24.6 Å². The Morgan fingerprint density at radius 2 is 2.03 bits per heavy atom. The molecule has 1 aromatic carbocycles. The number of likely N-dealkylation sites (tertiary alicyclic amines) is 1. The summed E-state index contributed by atoms with van der Waals surface area (Å²) in [6.07, 6.45) is 3.91. The molecule has 0 saturated carbocycles. The summed E-state index contributed by atoms with van der Waals surface area (Å²) in [5.74, 6) is 2.19. The van der Waals surface area contributed by atoms with Crippen molar-refractivity contribution < 1.29 is 4.39 Å². The van der Waals surface area contributed by atoms with E-state index in [9.17, 15) is 9.18 Å². The van der Waals surface area contributed by atoms with Crippen LogP contribution in [0.3, 0.4) is 0 Å². The third-order valence-corrected chi connectivity index (χ3v) is 7.61. The van der Waals surface area contributed by atoms with Crippen molar-refractivity contribution in [2.45, 2.75) is 24.0 Å². The first kappa shape index (κ1) is 21.2. The van der Waals surface area contributed by atoms with Crippen molar-refractivity contribution in [3.05, 3.63) is 58.8 Å². The van der Waals surface area contributed by atoms with Crippen molar-refractivity contribution >= 4 is 17.4 Å². The van der Waals surface area contributed by atoms with E-state index in [0.29, 0.717) is 17.8 Å². The number of aromatic amines is 1. The molecule has 0 spiro atoms. The number of halogens is 1. The summed E-state index contributed by atoms with van der Waals surface area (Å²) in [4.78, 5) is 19.2. The van der Waals surface area contributed by atoms with E-state index in [-0.39, 0.29) is 11.4 Å². The summed E-state index contributed by atoms with van der Waals surface area (Å²) in [5.41, 5.74) is 1.76. The Kier molecular flexibility index (Phi) is 6.01. The summed E-state index contributed by atoms with van der Waals surface area (Å²) in [6.45, 7) is 4.34. The predicted octanol–water partition coefficient (Wildman–Crippen LogP) is 3.00. The van der Waals surface area contributed by atoms with Gasteiger partial charge in [0.2, 0.25) is 5.56 Å². The normalized spacial score (nSPS) is 20.8. The minimum atomic E-state index is -0.178. The molecule has 2 aliphatic rings. The second-order valence-corrected chi connectivity index (χ2v) is 9.62. The molecule has 0 radical (unpaired) electrons. The first-order chi connectivity index (χ1) is 15.6. The fourth-order valence-corrected chi connectivity index (χ4v) is 5.75. The minimum absolute atomic E-state index is 0.145. The van der Waals surface area contributed by atoms with Crippen molar-refractivity contribution in [2.24, 2.45) is 13.0 Å². The molecule has 2 aliphatic heterocycles. The van der Waals surface area contributed by atoms with Gasteiger partial charge in [-0.05, 0) is 55.6 Å². The van der Waals surface area contributed by atoms with Crippen molar-refractivity contribution in [3.63, 3.8) is 0 Å². The first-order valence-corrected chi connectivity index (χ1v) is 12.0. The van der Waals surface area contributed by atoms with Crippen molar-refractivity contribution in [1.29, 1.82) is 0 Å². The summed E-state index contributed by atoms with van der Waals surface area (Å²) in [7, 11) is 1.94. The van der Waals surface area contributed by atoms with E-state index in [1.807, 2.05) is 29.8 Å². The van der Waals surface area contributed by atoms with Crippen LogP contribution in [0.25, 0.3) is 11.4 Å². The summed E-state index contributed by atoms with van der Waals surface area (Å²) in [6, 6.07) is 10.8. The molecule has 2 atom stereocenters. The van der Waals surface area contributed by atoms with Crippen molar-refractivity contribution in [2.75, 3.05) is 36.8 Å². The SMILES string of the molecule is Cn1c(SCCCN2C[C@@H]3CCN(c4ccc(F)cc4)[C@@H]3C2)nnc1-c1cc[nH]c(=O)c1. The van der Waals surface area contributed by atoms with Gasteiger partial charge in [0.1, 0.15) is 5.82 Å². The highest BCUT2D eigenvalue weighted by Crippen LogP contribution is 2.35. The van der Waals surface area contributed by atoms with Gasteiger partial charge in [-0.15, -0.1) is 10.2 Å².